The Hall–Kier alpha value is -1.10. The molecule has 1 unspecified atom stereocenters. The van der Waals surface area contributed by atoms with Gasteiger partial charge in [0.2, 0.25) is 5.91 Å². The van der Waals surface area contributed by atoms with Crippen molar-refractivity contribution in [3.63, 3.8) is 0 Å². The summed E-state index contributed by atoms with van der Waals surface area (Å²) in [6.07, 6.45) is 1.72. The van der Waals surface area contributed by atoms with E-state index < -0.39 is 11.6 Å². The van der Waals surface area contributed by atoms with Crippen LogP contribution in [0.25, 0.3) is 0 Å². The third-order valence-corrected chi connectivity index (χ3v) is 2.02. The van der Waals surface area contributed by atoms with E-state index >= 15 is 0 Å². The number of aliphatic hydroxyl groups is 1. The van der Waals surface area contributed by atoms with E-state index in [0.717, 1.165) is 19.8 Å². The summed E-state index contributed by atoms with van der Waals surface area (Å²) >= 11 is 0. The number of hydrogen-bond acceptors (Lipinski definition) is 3. The molecule has 74 valence electrons. The van der Waals surface area contributed by atoms with Crippen LogP contribution >= 0.6 is 0 Å². The molecule has 13 heavy (non-hydrogen) atoms. The molecular weight excluding hydrogens is 174 g/mol. The van der Waals surface area contributed by atoms with E-state index in [0.29, 0.717) is 0 Å². The molecule has 1 rings (SSSR count). The van der Waals surface area contributed by atoms with E-state index in [1.165, 1.54) is 0 Å². The van der Waals surface area contributed by atoms with Crippen molar-refractivity contribution in [3.05, 3.63) is 0 Å². The SMILES string of the molecule is CC(O)(CNC(=O)C1CC1)C(=O)O. The molecule has 5 nitrogen and oxygen atoms in total. The lowest BCUT2D eigenvalue weighted by Crippen LogP contribution is -2.46. The van der Waals surface area contributed by atoms with Crippen LogP contribution in [0.5, 0.6) is 0 Å². The summed E-state index contributed by atoms with van der Waals surface area (Å²) in [6, 6.07) is 0. The molecule has 5 heteroatoms. The van der Waals surface area contributed by atoms with Gasteiger partial charge in [-0.05, 0) is 19.8 Å². The average molecular weight is 187 g/mol. The van der Waals surface area contributed by atoms with E-state index in [4.69, 9.17) is 5.11 Å². The number of rotatable bonds is 4. The number of aliphatic carboxylic acids is 1. The molecule has 3 N–H and O–H groups in total. The lowest BCUT2D eigenvalue weighted by atomic mass is 10.1. The molecule has 0 spiro atoms. The predicted molar refractivity (Wildman–Crippen MR) is 44.0 cm³/mol. The van der Waals surface area contributed by atoms with Crippen molar-refractivity contribution in [3.8, 4) is 0 Å². The molecule has 0 heterocycles. The highest BCUT2D eigenvalue weighted by Gasteiger charge is 2.34. The van der Waals surface area contributed by atoms with Crippen LogP contribution < -0.4 is 5.32 Å². The van der Waals surface area contributed by atoms with Crippen LogP contribution in [0.2, 0.25) is 0 Å². The summed E-state index contributed by atoms with van der Waals surface area (Å²) in [4.78, 5) is 21.5. The van der Waals surface area contributed by atoms with Gasteiger partial charge in [-0.2, -0.15) is 0 Å². The van der Waals surface area contributed by atoms with Gasteiger partial charge in [-0.15, -0.1) is 0 Å². The first-order chi connectivity index (χ1) is 5.93. The maximum absolute atomic E-state index is 11.1. The zero-order chi connectivity index (χ0) is 10.1. The number of carboxylic acid groups (broad SMARTS) is 1. The number of carbonyl (C=O) groups excluding carboxylic acids is 1. The van der Waals surface area contributed by atoms with Gasteiger partial charge in [0, 0.05) is 5.92 Å². The monoisotopic (exact) mass is 187 g/mol. The van der Waals surface area contributed by atoms with E-state index in [2.05, 4.69) is 5.32 Å². The van der Waals surface area contributed by atoms with E-state index in [-0.39, 0.29) is 18.4 Å². The number of carbonyl (C=O) groups is 2. The molecule has 1 amide bonds. The Kier molecular flexibility index (Phi) is 2.56. The first-order valence-electron chi connectivity index (χ1n) is 4.17. The molecule has 0 aromatic rings. The summed E-state index contributed by atoms with van der Waals surface area (Å²) < 4.78 is 0. The van der Waals surface area contributed by atoms with E-state index in [1.54, 1.807) is 0 Å². The molecule has 0 radical (unpaired) electrons. The van der Waals surface area contributed by atoms with Gasteiger partial charge < -0.3 is 15.5 Å². The first kappa shape index (κ1) is 9.98. The molecule has 1 atom stereocenters. The van der Waals surface area contributed by atoms with Crippen LogP contribution in [0, 0.1) is 5.92 Å². The Morgan fingerprint density at radius 1 is 1.54 bits per heavy atom. The highest BCUT2D eigenvalue weighted by atomic mass is 16.4. The van der Waals surface area contributed by atoms with Gasteiger partial charge in [0.25, 0.3) is 0 Å². The molecule has 0 bridgehead atoms. The molecule has 0 saturated heterocycles. The van der Waals surface area contributed by atoms with Crippen molar-refractivity contribution in [1.82, 2.24) is 5.32 Å². The Labute approximate surface area is 75.7 Å². The second kappa shape index (κ2) is 3.33. The molecule has 1 aliphatic rings. The van der Waals surface area contributed by atoms with Gasteiger partial charge in [-0.25, -0.2) is 4.79 Å². The quantitative estimate of drug-likeness (QED) is 0.545. The van der Waals surface area contributed by atoms with Crippen LogP contribution in [0.3, 0.4) is 0 Å². The normalized spacial score (nSPS) is 20.5. The smallest absolute Gasteiger partial charge is 0.337 e. The molecule has 0 aromatic heterocycles. The standard InChI is InChI=1S/C8H13NO4/c1-8(13,7(11)12)4-9-6(10)5-2-3-5/h5,13H,2-4H2,1H3,(H,9,10)(H,11,12). The fourth-order valence-electron chi connectivity index (χ4n) is 0.825. The summed E-state index contributed by atoms with van der Waals surface area (Å²) in [5, 5.41) is 20.1. The number of hydrogen-bond donors (Lipinski definition) is 3. The van der Waals surface area contributed by atoms with Gasteiger partial charge >= 0.3 is 5.97 Å². The highest BCUT2D eigenvalue weighted by molar-refractivity contribution is 5.82. The van der Waals surface area contributed by atoms with Crippen molar-refractivity contribution in [1.29, 1.82) is 0 Å². The lowest BCUT2D eigenvalue weighted by Gasteiger charge is -2.17. The number of carboxylic acids is 1. The minimum atomic E-state index is -1.87. The largest absolute Gasteiger partial charge is 0.479 e. The third kappa shape index (κ3) is 2.69. The molecule has 1 saturated carbocycles. The van der Waals surface area contributed by atoms with Crippen LogP contribution in [-0.2, 0) is 9.59 Å². The topological polar surface area (TPSA) is 86.6 Å². The third-order valence-electron chi connectivity index (χ3n) is 2.02. The van der Waals surface area contributed by atoms with Crippen LogP contribution in [0.15, 0.2) is 0 Å². The Morgan fingerprint density at radius 2 is 2.08 bits per heavy atom. The maximum atomic E-state index is 11.1. The van der Waals surface area contributed by atoms with Gasteiger partial charge in [0.05, 0.1) is 6.54 Å². The molecule has 0 aliphatic heterocycles. The summed E-state index contributed by atoms with van der Waals surface area (Å²) in [6.45, 7) is 0.917. The van der Waals surface area contributed by atoms with Gasteiger partial charge in [0.1, 0.15) is 0 Å². The summed E-state index contributed by atoms with van der Waals surface area (Å²) in [5.41, 5.74) is -1.87. The van der Waals surface area contributed by atoms with Crippen molar-refractivity contribution in [2.24, 2.45) is 5.92 Å². The first-order valence-corrected chi connectivity index (χ1v) is 4.17. The van der Waals surface area contributed by atoms with Crippen molar-refractivity contribution >= 4 is 11.9 Å². The van der Waals surface area contributed by atoms with Crippen molar-refractivity contribution in [2.75, 3.05) is 6.54 Å². The van der Waals surface area contributed by atoms with E-state index in [1.807, 2.05) is 0 Å². The van der Waals surface area contributed by atoms with Crippen molar-refractivity contribution in [2.45, 2.75) is 25.4 Å². The Balaban J connectivity index is 2.31. The fraction of sp³-hybridized carbons (Fsp3) is 0.750. The minimum absolute atomic E-state index is 0.0320. The maximum Gasteiger partial charge on any atom is 0.337 e. The molecule has 1 aliphatic carbocycles. The summed E-state index contributed by atoms with van der Waals surface area (Å²) in [5.74, 6) is -1.46. The zero-order valence-electron chi connectivity index (χ0n) is 7.41. The zero-order valence-corrected chi connectivity index (χ0v) is 7.41. The van der Waals surface area contributed by atoms with Crippen LogP contribution in [-0.4, -0.2) is 34.2 Å². The Bertz CT molecular complexity index is 232. The molecule has 0 aromatic carbocycles. The molecule has 1 fully saturated rings. The predicted octanol–water partition coefficient (Wildman–Crippen LogP) is -0.652. The van der Waals surface area contributed by atoms with Crippen LogP contribution in [0.1, 0.15) is 19.8 Å². The van der Waals surface area contributed by atoms with E-state index in [9.17, 15) is 14.7 Å². The lowest BCUT2D eigenvalue weighted by molar-refractivity contribution is -0.156. The number of nitrogens with one attached hydrogen (secondary N) is 1. The highest BCUT2D eigenvalue weighted by Crippen LogP contribution is 2.28. The molecular formula is C8H13NO4. The second-order valence-corrected chi connectivity index (χ2v) is 3.57. The van der Waals surface area contributed by atoms with Crippen molar-refractivity contribution < 1.29 is 19.8 Å². The summed E-state index contributed by atoms with van der Waals surface area (Å²) in [7, 11) is 0. The number of amides is 1. The Morgan fingerprint density at radius 3 is 2.46 bits per heavy atom. The minimum Gasteiger partial charge on any atom is -0.479 e. The van der Waals surface area contributed by atoms with Gasteiger partial charge in [-0.1, -0.05) is 0 Å². The van der Waals surface area contributed by atoms with Crippen LogP contribution in [0.4, 0.5) is 0 Å². The average Bonchev–Trinajstić information content (AvgIpc) is 2.82. The fourth-order valence-corrected chi connectivity index (χ4v) is 0.825. The van der Waals surface area contributed by atoms with Gasteiger partial charge in [0.15, 0.2) is 5.60 Å². The van der Waals surface area contributed by atoms with Gasteiger partial charge in [-0.3, -0.25) is 4.79 Å². The second-order valence-electron chi connectivity index (χ2n) is 3.57.